The maximum absolute atomic E-state index is 15.1. The zero-order chi connectivity index (χ0) is 23.2. The normalized spacial score (nSPS) is 35.5. The molecule has 182 valence electrons. The molecule has 2 N–H and O–H groups in total. The fourth-order valence-electron chi connectivity index (χ4n) is 7.10. The number of halogens is 1. The van der Waals surface area contributed by atoms with Crippen molar-refractivity contribution < 1.29 is 13.9 Å². The van der Waals surface area contributed by atoms with Gasteiger partial charge in [0.25, 0.3) is 0 Å². The number of anilines is 1. The molecule has 6 rings (SSSR count). The summed E-state index contributed by atoms with van der Waals surface area (Å²) in [7, 11) is 0. The summed E-state index contributed by atoms with van der Waals surface area (Å²) in [6, 6.07) is 8.04. The highest BCUT2D eigenvalue weighted by atomic mass is 19.1. The van der Waals surface area contributed by atoms with Gasteiger partial charge in [0.15, 0.2) is 0 Å². The number of hydrogen-bond acceptors (Lipinski definition) is 6. The lowest BCUT2D eigenvalue weighted by Crippen LogP contribution is -2.50. The van der Waals surface area contributed by atoms with Crippen LogP contribution in [0.4, 0.5) is 10.1 Å². The second kappa shape index (κ2) is 9.10. The molecule has 7 nitrogen and oxygen atoms in total. The summed E-state index contributed by atoms with van der Waals surface area (Å²) in [5.74, 6) is 0.554. The van der Waals surface area contributed by atoms with Crippen molar-refractivity contribution in [1.82, 2.24) is 15.5 Å². The minimum atomic E-state index is -0.734. The van der Waals surface area contributed by atoms with Crippen LogP contribution < -0.4 is 15.5 Å². The molecule has 1 aromatic carbocycles. The van der Waals surface area contributed by atoms with Crippen molar-refractivity contribution >= 4 is 11.6 Å². The quantitative estimate of drug-likeness (QED) is 0.664. The topological polar surface area (TPSA) is 80.6 Å². The first-order valence-electron chi connectivity index (χ1n) is 12.9. The number of piperidine rings is 1. The number of likely N-dealkylation sites (tertiary alicyclic amines) is 1. The largest absolute Gasteiger partial charge is 0.380 e. The third kappa shape index (κ3) is 4.08. The number of fused-ring (bicyclic) bond motifs is 3. The summed E-state index contributed by atoms with van der Waals surface area (Å²) in [4.78, 5) is 17.6. The van der Waals surface area contributed by atoms with Crippen LogP contribution in [-0.4, -0.2) is 73.9 Å². The van der Waals surface area contributed by atoms with Crippen molar-refractivity contribution in [3.63, 3.8) is 0 Å². The molecule has 34 heavy (non-hydrogen) atoms. The Bertz CT molecular complexity index is 976. The Balaban J connectivity index is 1.08. The predicted octanol–water partition coefficient (Wildman–Crippen LogP) is 1.82. The molecule has 0 aromatic heterocycles. The number of benzene rings is 1. The monoisotopic (exact) mass is 467 g/mol. The highest BCUT2D eigenvalue weighted by Crippen LogP contribution is 2.37. The fraction of sp³-hybridized carbons (Fsp3) is 0.692. The number of nitrogens with zero attached hydrogens (tertiary/aromatic N) is 3. The maximum atomic E-state index is 15.1. The van der Waals surface area contributed by atoms with Gasteiger partial charge in [0.1, 0.15) is 11.9 Å². The van der Waals surface area contributed by atoms with Crippen LogP contribution in [0.5, 0.6) is 0 Å². The highest BCUT2D eigenvalue weighted by Gasteiger charge is 2.45. The first kappa shape index (κ1) is 22.3. The molecule has 4 heterocycles. The van der Waals surface area contributed by atoms with E-state index >= 15 is 4.39 Å². The zero-order valence-electron chi connectivity index (χ0n) is 19.6. The van der Waals surface area contributed by atoms with Gasteiger partial charge in [-0.25, -0.2) is 4.39 Å². The molecule has 1 aromatic rings. The second-order valence-electron chi connectivity index (χ2n) is 10.9. The van der Waals surface area contributed by atoms with Gasteiger partial charge in [0, 0.05) is 49.9 Å². The van der Waals surface area contributed by atoms with Crippen molar-refractivity contribution in [3.8, 4) is 6.07 Å². The Labute approximate surface area is 200 Å². The van der Waals surface area contributed by atoms with Crippen LogP contribution in [0.15, 0.2) is 18.2 Å². The predicted molar refractivity (Wildman–Crippen MR) is 126 cm³/mol. The summed E-state index contributed by atoms with van der Waals surface area (Å²) >= 11 is 0. The first-order chi connectivity index (χ1) is 16.6. The van der Waals surface area contributed by atoms with Gasteiger partial charge >= 0.3 is 0 Å². The standard InChI is InChI=1S/C26H34FN5O2/c27-23-11-21(31-13-18-5-7-32(24(18)14-31)22-6-8-34-15-22)4-2-16(23)9-20(12-28)30-26(33)25-17-1-3-19(10-17)29-25/h2,4,11,17-20,22,24-25,29H,1,3,5-10,13-15H2,(H,30,33)/t17-,18?,19+,20-,22?,24?,25-/m0/s1. The molecule has 0 spiro atoms. The molecule has 0 radical (unpaired) electrons. The SMILES string of the molecule is N#C[C@H](Cc1ccc(N2CC3CCN(C4CCOC4)C3C2)cc1F)NC(=O)[C@H]1N[C@@H]2CC[C@H]1C2. The lowest BCUT2D eigenvalue weighted by molar-refractivity contribution is -0.124. The summed E-state index contributed by atoms with van der Waals surface area (Å²) in [5.41, 5.74) is 1.38. The molecule has 5 aliphatic rings. The lowest BCUT2D eigenvalue weighted by atomic mass is 9.98. The van der Waals surface area contributed by atoms with E-state index in [1.54, 1.807) is 12.1 Å². The van der Waals surface area contributed by atoms with Gasteiger partial charge in [-0.15, -0.1) is 0 Å². The number of carbonyl (C=O) groups excluding carboxylic acids is 1. The molecule has 1 saturated carbocycles. The van der Waals surface area contributed by atoms with Crippen LogP contribution in [0.1, 0.15) is 37.7 Å². The van der Waals surface area contributed by atoms with Crippen LogP contribution in [0, 0.1) is 29.0 Å². The van der Waals surface area contributed by atoms with E-state index in [0.29, 0.717) is 35.5 Å². The molecule has 4 aliphatic heterocycles. The van der Waals surface area contributed by atoms with E-state index in [1.165, 1.54) is 6.42 Å². The van der Waals surface area contributed by atoms with Crippen molar-refractivity contribution in [2.24, 2.45) is 11.8 Å². The number of nitriles is 1. The van der Waals surface area contributed by atoms with Gasteiger partial charge in [-0.1, -0.05) is 6.07 Å². The molecule has 7 atom stereocenters. The third-order valence-electron chi connectivity index (χ3n) is 8.91. The van der Waals surface area contributed by atoms with E-state index < -0.39 is 6.04 Å². The summed E-state index contributed by atoms with van der Waals surface area (Å²) < 4.78 is 20.7. The zero-order valence-corrected chi connectivity index (χ0v) is 19.6. The fourth-order valence-corrected chi connectivity index (χ4v) is 7.10. The van der Waals surface area contributed by atoms with E-state index in [1.807, 2.05) is 6.07 Å². The molecule has 8 heteroatoms. The van der Waals surface area contributed by atoms with Gasteiger partial charge in [-0.05, 0) is 68.2 Å². The number of hydrogen-bond donors (Lipinski definition) is 2. The number of nitrogens with one attached hydrogen (secondary N) is 2. The first-order valence-corrected chi connectivity index (χ1v) is 12.9. The van der Waals surface area contributed by atoms with Gasteiger partial charge in [-0.2, -0.15) is 5.26 Å². The summed E-state index contributed by atoms with van der Waals surface area (Å²) in [6.07, 6.45) is 5.71. The Kier molecular flexibility index (Phi) is 5.96. The smallest absolute Gasteiger partial charge is 0.238 e. The number of ether oxygens (including phenoxy) is 1. The molecule has 1 aliphatic carbocycles. The molecular formula is C26H34FN5O2. The molecular weight excluding hydrogens is 433 g/mol. The van der Waals surface area contributed by atoms with Gasteiger partial charge in [-0.3, -0.25) is 9.69 Å². The average molecular weight is 468 g/mol. The maximum Gasteiger partial charge on any atom is 0.238 e. The Morgan fingerprint density at radius 1 is 1.26 bits per heavy atom. The summed E-state index contributed by atoms with van der Waals surface area (Å²) in [6.45, 7) is 4.72. The molecule has 2 bridgehead atoms. The average Bonchev–Trinajstić information content (AvgIpc) is 3.65. The van der Waals surface area contributed by atoms with Crippen LogP contribution in [0.3, 0.4) is 0 Å². The number of carbonyl (C=O) groups is 1. The second-order valence-corrected chi connectivity index (χ2v) is 10.9. The van der Waals surface area contributed by atoms with Crippen LogP contribution in [0.2, 0.25) is 0 Å². The van der Waals surface area contributed by atoms with Gasteiger partial charge in [0.2, 0.25) is 5.91 Å². The third-order valence-corrected chi connectivity index (χ3v) is 8.91. The van der Waals surface area contributed by atoms with Crippen molar-refractivity contribution in [3.05, 3.63) is 29.6 Å². The van der Waals surface area contributed by atoms with E-state index in [0.717, 1.165) is 64.2 Å². The van der Waals surface area contributed by atoms with Crippen LogP contribution in [0.25, 0.3) is 0 Å². The molecule has 5 fully saturated rings. The van der Waals surface area contributed by atoms with E-state index in [2.05, 4.69) is 26.5 Å². The van der Waals surface area contributed by atoms with E-state index in [-0.39, 0.29) is 24.2 Å². The van der Waals surface area contributed by atoms with Crippen LogP contribution in [-0.2, 0) is 16.0 Å². The highest BCUT2D eigenvalue weighted by molar-refractivity contribution is 5.83. The Hall–Kier alpha value is -2.21. The summed E-state index contributed by atoms with van der Waals surface area (Å²) in [5, 5.41) is 15.8. The van der Waals surface area contributed by atoms with Crippen molar-refractivity contribution in [2.45, 2.75) is 68.7 Å². The molecule has 1 amide bonds. The minimum absolute atomic E-state index is 0.128. The Morgan fingerprint density at radius 3 is 2.88 bits per heavy atom. The van der Waals surface area contributed by atoms with Gasteiger partial charge in [0.05, 0.1) is 18.7 Å². The van der Waals surface area contributed by atoms with E-state index in [9.17, 15) is 10.1 Å². The molecule has 4 saturated heterocycles. The minimum Gasteiger partial charge on any atom is -0.380 e. The van der Waals surface area contributed by atoms with Crippen molar-refractivity contribution in [2.75, 3.05) is 37.7 Å². The Morgan fingerprint density at radius 2 is 2.18 bits per heavy atom. The number of amides is 1. The van der Waals surface area contributed by atoms with Crippen molar-refractivity contribution in [1.29, 1.82) is 5.26 Å². The van der Waals surface area contributed by atoms with Crippen LogP contribution >= 0.6 is 0 Å². The van der Waals surface area contributed by atoms with Gasteiger partial charge < -0.3 is 20.3 Å². The molecule has 3 unspecified atom stereocenters. The lowest BCUT2D eigenvalue weighted by Gasteiger charge is -2.30. The van der Waals surface area contributed by atoms with E-state index in [4.69, 9.17) is 4.74 Å². The number of rotatable bonds is 6.